The van der Waals surface area contributed by atoms with Gasteiger partial charge in [0, 0.05) is 24.5 Å². The molecule has 0 unspecified atom stereocenters. The van der Waals surface area contributed by atoms with Gasteiger partial charge >= 0.3 is 0 Å². The van der Waals surface area contributed by atoms with Crippen molar-refractivity contribution in [3.63, 3.8) is 0 Å². The van der Waals surface area contributed by atoms with E-state index < -0.39 is 0 Å². The Kier molecular flexibility index (Phi) is 3.29. The second-order valence-corrected chi connectivity index (χ2v) is 5.42. The summed E-state index contributed by atoms with van der Waals surface area (Å²) in [5.74, 6) is 1.01. The van der Waals surface area contributed by atoms with Crippen molar-refractivity contribution in [1.29, 1.82) is 0 Å². The molecule has 0 atom stereocenters. The Morgan fingerprint density at radius 1 is 1.30 bits per heavy atom. The van der Waals surface area contributed by atoms with E-state index in [1.165, 1.54) is 11.3 Å². The van der Waals surface area contributed by atoms with E-state index in [1.54, 1.807) is 12.4 Å². The van der Waals surface area contributed by atoms with Crippen molar-refractivity contribution in [3.8, 4) is 22.2 Å². The van der Waals surface area contributed by atoms with Crippen molar-refractivity contribution in [3.05, 3.63) is 34.7 Å². The molecule has 3 aromatic heterocycles. The van der Waals surface area contributed by atoms with Gasteiger partial charge in [-0.1, -0.05) is 5.16 Å². The van der Waals surface area contributed by atoms with E-state index >= 15 is 0 Å². The number of nitrogens with zero attached hydrogens (tertiary/aromatic N) is 4. The predicted molar refractivity (Wildman–Crippen MR) is 76.0 cm³/mol. The quantitative estimate of drug-likeness (QED) is 0.795. The van der Waals surface area contributed by atoms with Gasteiger partial charge in [0.1, 0.15) is 9.88 Å². The molecule has 0 saturated heterocycles. The number of aromatic nitrogens is 4. The number of aryl methyl sites for hydroxylation is 2. The summed E-state index contributed by atoms with van der Waals surface area (Å²) in [7, 11) is 0. The van der Waals surface area contributed by atoms with Gasteiger partial charge in [-0.05, 0) is 25.5 Å². The maximum atomic E-state index is 5.60. The molecule has 102 valence electrons. The standard InChI is InChI=1S/C13H13N5OS/c1-7-3-4-15-6-9(7)12-17-13(19-18-12)11-8(2)16-10(5-14)20-11/h3-4,6H,5,14H2,1-2H3. The highest BCUT2D eigenvalue weighted by Crippen LogP contribution is 2.30. The molecule has 2 N–H and O–H groups in total. The summed E-state index contributed by atoms with van der Waals surface area (Å²) in [6, 6.07) is 1.91. The highest BCUT2D eigenvalue weighted by Gasteiger charge is 2.17. The highest BCUT2D eigenvalue weighted by atomic mass is 32.1. The summed E-state index contributed by atoms with van der Waals surface area (Å²) >= 11 is 1.48. The maximum Gasteiger partial charge on any atom is 0.270 e. The number of nitrogens with two attached hydrogens (primary N) is 1. The first-order chi connectivity index (χ1) is 9.69. The van der Waals surface area contributed by atoms with Crippen LogP contribution in [0, 0.1) is 13.8 Å². The number of hydrogen-bond donors (Lipinski definition) is 1. The van der Waals surface area contributed by atoms with Crippen LogP contribution < -0.4 is 5.73 Å². The van der Waals surface area contributed by atoms with Crippen molar-refractivity contribution in [1.82, 2.24) is 20.1 Å². The lowest BCUT2D eigenvalue weighted by Gasteiger charge is -1.97. The largest absolute Gasteiger partial charge is 0.333 e. The van der Waals surface area contributed by atoms with Crippen molar-refractivity contribution < 1.29 is 4.52 Å². The molecule has 0 amide bonds. The van der Waals surface area contributed by atoms with Crippen LogP contribution in [0.15, 0.2) is 23.0 Å². The third-order valence-electron chi connectivity index (χ3n) is 2.92. The van der Waals surface area contributed by atoms with Crippen LogP contribution in [-0.2, 0) is 6.54 Å². The molecule has 3 aromatic rings. The molecule has 0 fully saturated rings. The van der Waals surface area contributed by atoms with Gasteiger partial charge in [0.25, 0.3) is 5.89 Å². The Hall–Kier alpha value is -2.12. The minimum Gasteiger partial charge on any atom is -0.333 e. The van der Waals surface area contributed by atoms with Gasteiger partial charge < -0.3 is 10.3 Å². The van der Waals surface area contributed by atoms with Gasteiger partial charge in [-0.2, -0.15) is 4.98 Å². The average molecular weight is 287 g/mol. The van der Waals surface area contributed by atoms with Crippen LogP contribution in [0.4, 0.5) is 0 Å². The first-order valence-corrected chi connectivity index (χ1v) is 6.92. The van der Waals surface area contributed by atoms with E-state index in [4.69, 9.17) is 10.3 Å². The molecule has 0 radical (unpaired) electrons. The normalized spacial score (nSPS) is 10.9. The fourth-order valence-electron chi connectivity index (χ4n) is 1.86. The van der Waals surface area contributed by atoms with Crippen molar-refractivity contribution in [2.24, 2.45) is 5.73 Å². The van der Waals surface area contributed by atoms with E-state index in [0.29, 0.717) is 18.3 Å². The fourth-order valence-corrected chi connectivity index (χ4v) is 2.73. The number of hydrogen-bond acceptors (Lipinski definition) is 7. The second-order valence-electron chi connectivity index (χ2n) is 4.34. The van der Waals surface area contributed by atoms with E-state index in [1.807, 2.05) is 19.9 Å². The van der Waals surface area contributed by atoms with Gasteiger partial charge in [0.2, 0.25) is 5.82 Å². The predicted octanol–water partition coefficient (Wildman–Crippen LogP) is 2.33. The van der Waals surface area contributed by atoms with Crippen LogP contribution in [0.5, 0.6) is 0 Å². The van der Waals surface area contributed by atoms with Gasteiger partial charge in [-0.3, -0.25) is 4.98 Å². The Morgan fingerprint density at radius 2 is 2.15 bits per heavy atom. The molecule has 0 saturated carbocycles. The van der Waals surface area contributed by atoms with Crippen LogP contribution in [0.3, 0.4) is 0 Å². The molecule has 20 heavy (non-hydrogen) atoms. The number of rotatable bonds is 3. The number of pyridine rings is 1. The first kappa shape index (κ1) is 12.9. The Morgan fingerprint density at radius 3 is 2.85 bits per heavy atom. The molecule has 3 heterocycles. The van der Waals surface area contributed by atoms with Gasteiger partial charge in [-0.25, -0.2) is 4.98 Å². The average Bonchev–Trinajstić information content (AvgIpc) is 3.05. The Labute approximate surface area is 119 Å². The molecule has 7 heteroatoms. The summed E-state index contributed by atoms with van der Waals surface area (Å²) < 4.78 is 5.34. The Balaban J connectivity index is 2.02. The number of thiazole rings is 1. The summed E-state index contributed by atoms with van der Waals surface area (Å²) in [4.78, 5) is 13.7. The Bertz CT molecular complexity index is 749. The minimum atomic E-state index is 0.411. The molecular formula is C13H13N5OS. The van der Waals surface area contributed by atoms with Crippen molar-refractivity contribution >= 4 is 11.3 Å². The van der Waals surface area contributed by atoms with Crippen LogP contribution in [0.2, 0.25) is 0 Å². The molecule has 3 rings (SSSR count). The molecule has 0 aliphatic rings. The summed E-state index contributed by atoms with van der Waals surface area (Å²) in [5.41, 5.74) is 8.37. The van der Waals surface area contributed by atoms with Crippen LogP contribution in [0.25, 0.3) is 22.2 Å². The maximum absolute atomic E-state index is 5.60. The molecule has 0 aromatic carbocycles. The van der Waals surface area contributed by atoms with E-state index in [-0.39, 0.29) is 0 Å². The smallest absolute Gasteiger partial charge is 0.270 e. The van der Waals surface area contributed by atoms with Crippen LogP contribution in [0.1, 0.15) is 16.3 Å². The lowest BCUT2D eigenvalue weighted by molar-refractivity contribution is 0.433. The van der Waals surface area contributed by atoms with Crippen molar-refractivity contribution in [2.45, 2.75) is 20.4 Å². The summed E-state index contributed by atoms with van der Waals surface area (Å²) in [5, 5.41) is 4.88. The molecule has 0 aliphatic heterocycles. The highest BCUT2D eigenvalue weighted by molar-refractivity contribution is 7.15. The first-order valence-electron chi connectivity index (χ1n) is 6.10. The van der Waals surface area contributed by atoms with E-state index in [9.17, 15) is 0 Å². The molecule has 0 bridgehead atoms. The van der Waals surface area contributed by atoms with E-state index in [2.05, 4.69) is 20.1 Å². The monoisotopic (exact) mass is 287 g/mol. The summed E-state index contributed by atoms with van der Waals surface area (Å²) in [6.07, 6.45) is 3.47. The molecular weight excluding hydrogens is 274 g/mol. The van der Waals surface area contributed by atoms with Gasteiger partial charge in [0.05, 0.1) is 5.69 Å². The van der Waals surface area contributed by atoms with Crippen molar-refractivity contribution in [2.75, 3.05) is 0 Å². The zero-order chi connectivity index (χ0) is 14.1. The molecule has 0 spiro atoms. The lowest BCUT2D eigenvalue weighted by atomic mass is 10.1. The van der Waals surface area contributed by atoms with Gasteiger partial charge in [0.15, 0.2) is 0 Å². The van der Waals surface area contributed by atoms with Crippen LogP contribution in [-0.4, -0.2) is 20.1 Å². The minimum absolute atomic E-state index is 0.411. The zero-order valence-electron chi connectivity index (χ0n) is 11.1. The molecule has 0 aliphatic carbocycles. The lowest BCUT2D eigenvalue weighted by Crippen LogP contribution is -1.94. The van der Waals surface area contributed by atoms with Gasteiger partial charge in [-0.15, -0.1) is 11.3 Å². The van der Waals surface area contributed by atoms with E-state index in [0.717, 1.165) is 26.7 Å². The van der Waals surface area contributed by atoms with Crippen LogP contribution >= 0.6 is 11.3 Å². The second kappa shape index (κ2) is 5.10. The summed E-state index contributed by atoms with van der Waals surface area (Å²) in [6.45, 7) is 4.30. The third kappa shape index (κ3) is 2.21. The topological polar surface area (TPSA) is 90.7 Å². The third-order valence-corrected chi connectivity index (χ3v) is 4.08. The SMILES string of the molecule is Cc1ccncc1-c1noc(-c2sc(CN)nc2C)n1. The fraction of sp³-hybridized carbons (Fsp3) is 0.231. The molecule has 6 nitrogen and oxygen atoms in total. The zero-order valence-corrected chi connectivity index (χ0v) is 11.9.